The van der Waals surface area contributed by atoms with Crippen molar-refractivity contribution in [3.8, 4) is 23.0 Å². The van der Waals surface area contributed by atoms with Gasteiger partial charge in [-0.3, -0.25) is 9.59 Å². The molecule has 8 nitrogen and oxygen atoms in total. The van der Waals surface area contributed by atoms with Gasteiger partial charge in [-0.25, -0.2) is 0 Å². The molecule has 0 bridgehead atoms. The van der Waals surface area contributed by atoms with Crippen molar-refractivity contribution in [2.45, 2.75) is 13.8 Å². The Labute approximate surface area is 188 Å². The predicted molar refractivity (Wildman–Crippen MR) is 120 cm³/mol. The number of hydrogen-bond acceptors (Lipinski definition) is 6. The fraction of sp³-hybridized carbons (Fsp3) is 0.417. The Bertz CT molecular complexity index is 957. The molecular weight excluding hydrogens is 412 g/mol. The van der Waals surface area contributed by atoms with Gasteiger partial charge in [-0.2, -0.15) is 0 Å². The second kappa shape index (κ2) is 10.3. The fourth-order valence-corrected chi connectivity index (χ4v) is 3.59. The summed E-state index contributed by atoms with van der Waals surface area (Å²) in [6.07, 6.45) is 0. The van der Waals surface area contributed by atoms with Crippen LogP contribution < -0.4 is 18.9 Å². The van der Waals surface area contributed by atoms with E-state index in [0.29, 0.717) is 54.7 Å². The molecule has 0 unspecified atom stereocenters. The van der Waals surface area contributed by atoms with Crippen molar-refractivity contribution in [1.82, 2.24) is 9.80 Å². The van der Waals surface area contributed by atoms with Gasteiger partial charge >= 0.3 is 0 Å². The summed E-state index contributed by atoms with van der Waals surface area (Å²) < 4.78 is 21.7. The lowest BCUT2D eigenvalue weighted by molar-refractivity contribution is -0.134. The van der Waals surface area contributed by atoms with Crippen LogP contribution >= 0.6 is 0 Å². The van der Waals surface area contributed by atoms with Gasteiger partial charge in [0.1, 0.15) is 5.75 Å². The molecule has 0 atom stereocenters. The maximum atomic E-state index is 13.0. The summed E-state index contributed by atoms with van der Waals surface area (Å²) >= 11 is 0. The molecule has 2 aromatic rings. The third-order valence-corrected chi connectivity index (χ3v) is 5.67. The predicted octanol–water partition coefficient (Wildman–Crippen LogP) is 2.69. The summed E-state index contributed by atoms with van der Waals surface area (Å²) in [6.45, 7) is 5.78. The number of amides is 2. The average molecular weight is 443 g/mol. The zero-order chi connectivity index (χ0) is 23.3. The smallest absolute Gasteiger partial charge is 0.260 e. The third kappa shape index (κ3) is 5.07. The Kier molecular flexibility index (Phi) is 7.45. The van der Waals surface area contributed by atoms with E-state index in [1.165, 1.54) is 26.9 Å². The van der Waals surface area contributed by atoms with Crippen LogP contribution in [0.4, 0.5) is 0 Å². The first-order valence-corrected chi connectivity index (χ1v) is 10.4. The zero-order valence-electron chi connectivity index (χ0n) is 19.3. The molecule has 1 aliphatic heterocycles. The molecular formula is C24H30N2O6. The monoisotopic (exact) mass is 442 g/mol. The fourth-order valence-electron chi connectivity index (χ4n) is 3.59. The maximum Gasteiger partial charge on any atom is 0.260 e. The standard InChI is InChI=1S/C24H30N2O6/c1-16-6-7-19(12-17(16)2)32-15-22(27)25-8-10-26(11-9-25)24(28)18-13-20(29-3)23(31-5)21(14-18)30-4/h6-7,12-14H,8-11,15H2,1-5H3. The molecule has 0 saturated carbocycles. The van der Waals surface area contributed by atoms with Crippen molar-refractivity contribution in [3.05, 3.63) is 47.0 Å². The Morgan fingerprint density at radius 2 is 1.41 bits per heavy atom. The number of benzene rings is 2. The minimum Gasteiger partial charge on any atom is -0.493 e. The number of aryl methyl sites for hydroxylation is 2. The molecule has 0 radical (unpaired) electrons. The molecule has 2 aromatic carbocycles. The number of methoxy groups -OCH3 is 3. The summed E-state index contributed by atoms with van der Waals surface area (Å²) in [7, 11) is 4.54. The number of piperazine rings is 1. The molecule has 3 rings (SSSR count). The molecule has 1 heterocycles. The van der Waals surface area contributed by atoms with Crippen LogP contribution in [0.25, 0.3) is 0 Å². The Morgan fingerprint density at radius 1 is 0.812 bits per heavy atom. The molecule has 2 amide bonds. The number of carbonyl (C=O) groups excluding carboxylic acids is 2. The molecule has 0 aliphatic carbocycles. The van der Waals surface area contributed by atoms with E-state index < -0.39 is 0 Å². The summed E-state index contributed by atoms with van der Waals surface area (Å²) in [5.74, 6) is 1.72. The third-order valence-electron chi connectivity index (χ3n) is 5.67. The molecule has 8 heteroatoms. The van der Waals surface area contributed by atoms with E-state index in [2.05, 4.69) is 0 Å². The maximum absolute atomic E-state index is 13.0. The molecule has 1 fully saturated rings. The molecule has 172 valence electrons. The van der Waals surface area contributed by atoms with Gasteiger partial charge in [0, 0.05) is 31.7 Å². The lowest BCUT2D eigenvalue weighted by Gasteiger charge is -2.34. The van der Waals surface area contributed by atoms with E-state index in [4.69, 9.17) is 18.9 Å². The van der Waals surface area contributed by atoms with Crippen LogP contribution in [0.2, 0.25) is 0 Å². The SMILES string of the molecule is COc1cc(C(=O)N2CCN(C(=O)COc3ccc(C)c(C)c3)CC2)cc(OC)c1OC. The molecule has 0 spiro atoms. The van der Waals surface area contributed by atoms with E-state index in [9.17, 15) is 9.59 Å². The zero-order valence-corrected chi connectivity index (χ0v) is 19.3. The average Bonchev–Trinajstić information content (AvgIpc) is 2.83. The highest BCUT2D eigenvalue weighted by Crippen LogP contribution is 2.38. The normalized spacial score (nSPS) is 13.5. The first-order chi connectivity index (χ1) is 15.4. The Hall–Kier alpha value is -3.42. The lowest BCUT2D eigenvalue weighted by atomic mass is 10.1. The van der Waals surface area contributed by atoms with Crippen LogP contribution in [0, 0.1) is 13.8 Å². The van der Waals surface area contributed by atoms with E-state index in [0.717, 1.165) is 5.56 Å². The summed E-state index contributed by atoms with van der Waals surface area (Å²) in [5.41, 5.74) is 2.74. The topological polar surface area (TPSA) is 77.5 Å². The molecule has 1 saturated heterocycles. The van der Waals surface area contributed by atoms with Crippen molar-refractivity contribution in [1.29, 1.82) is 0 Å². The second-order valence-corrected chi connectivity index (χ2v) is 7.62. The molecule has 0 aromatic heterocycles. The lowest BCUT2D eigenvalue weighted by Crippen LogP contribution is -2.51. The van der Waals surface area contributed by atoms with Gasteiger partial charge in [0.15, 0.2) is 18.1 Å². The van der Waals surface area contributed by atoms with Gasteiger partial charge in [-0.15, -0.1) is 0 Å². The molecule has 32 heavy (non-hydrogen) atoms. The number of carbonyl (C=O) groups is 2. The van der Waals surface area contributed by atoms with Gasteiger partial charge in [-0.1, -0.05) is 6.07 Å². The van der Waals surface area contributed by atoms with E-state index in [1.54, 1.807) is 21.9 Å². The van der Waals surface area contributed by atoms with E-state index >= 15 is 0 Å². The van der Waals surface area contributed by atoms with E-state index in [1.807, 2.05) is 32.0 Å². The highest BCUT2D eigenvalue weighted by atomic mass is 16.5. The van der Waals surface area contributed by atoms with Gasteiger partial charge in [0.25, 0.3) is 11.8 Å². The van der Waals surface area contributed by atoms with Crippen molar-refractivity contribution in [2.75, 3.05) is 54.1 Å². The highest BCUT2D eigenvalue weighted by Gasteiger charge is 2.26. The van der Waals surface area contributed by atoms with Crippen LogP contribution in [-0.2, 0) is 4.79 Å². The Morgan fingerprint density at radius 3 is 1.94 bits per heavy atom. The molecule has 1 aliphatic rings. The highest BCUT2D eigenvalue weighted by molar-refractivity contribution is 5.96. The van der Waals surface area contributed by atoms with Gasteiger partial charge in [-0.05, 0) is 49.2 Å². The van der Waals surface area contributed by atoms with Crippen LogP contribution in [0.1, 0.15) is 21.5 Å². The Balaban J connectivity index is 1.58. The summed E-state index contributed by atoms with van der Waals surface area (Å²) in [6, 6.07) is 9.04. The largest absolute Gasteiger partial charge is 0.493 e. The minimum absolute atomic E-state index is 0.0245. The van der Waals surface area contributed by atoms with Crippen molar-refractivity contribution >= 4 is 11.8 Å². The van der Waals surface area contributed by atoms with Crippen molar-refractivity contribution < 1.29 is 28.5 Å². The van der Waals surface area contributed by atoms with Gasteiger partial charge in [0.2, 0.25) is 5.75 Å². The van der Waals surface area contributed by atoms with E-state index in [-0.39, 0.29) is 18.4 Å². The van der Waals surface area contributed by atoms with Crippen LogP contribution in [0.15, 0.2) is 30.3 Å². The number of rotatable bonds is 7. The quantitative estimate of drug-likeness (QED) is 0.656. The number of nitrogens with zero attached hydrogens (tertiary/aromatic N) is 2. The first kappa shape index (κ1) is 23.2. The second-order valence-electron chi connectivity index (χ2n) is 7.62. The summed E-state index contributed by atoms with van der Waals surface area (Å²) in [4.78, 5) is 29.0. The minimum atomic E-state index is -0.150. The molecule has 0 N–H and O–H groups in total. The van der Waals surface area contributed by atoms with Crippen LogP contribution in [0.5, 0.6) is 23.0 Å². The van der Waals surface area contributed by atoms with Crippen LogP contribution in [0.3, 0.4) is 0 Å². The first-order valence-electron chi connectivity index (χ1n) is 10.4. The van der Waals surface area contributed by atoms with Crippen LogP contribution in [-0.4, -0.2) is 75.7 Å². The van der Waals surface area contributed by atoms with Gasteiger partial charge < -0.3 is 28.7 Å². The number of hydrogen-bond donors (Lipinski definition) is 0. The van der Waals surface area contributed by atoms with Crippen molar-refractivity contribution in [2.24, 2.45) is 0 Å². The van der Waals surface area contributed by atoms with Crippen molar-refractivity contribution in [3.63, 3.8) is 0 Å². The number of ether oxygens (including phenoxy) is 4. The summed E-state index contributed by atoms with van der Waals surface area (Å²) in [5, 5.41) is 0. The van der Waals surface area contributed by atoms with Gasteiger partial charge in [0.05, 0.1) is 21.3 Å².